The molecule has 0 bridgehead atoms. The molecule has 1 heterocycles. The molecule has 2 atom stereocenters. The number of carbonyl (C=O) groups excluding carboxylic acids is 1. The van der Waals surface area contributed by atoms with Crippen LogP contribution in [0.4, 0.5) is 5.69 Å². The van der Waals surface area contributed by atoms with Crippen molar-refractivity contribution in [3.8, 4) is 5.75 Å². The number of carboxylic acid groups (broad SMARTS) is 1. The number of ether oxygens (including phenoxy) is 1. The fourth-order valence-electron chi connectivity index (χ4n) is 2.90. The number of aliphatic carboxylic acids is 1. The maximum absolute atomic E-state index is 13.1. The lowest BCUT2D eigenvalue weighted by Gasteiger charge is -2.19. The lowest BCUT2D eigenvalue weighted by atomic mass is 9.91. The molecule has 2 aromatic rings. The highest BCUT2D eigenvalue weighted by Gasteiger charge is 2.29. The lowest BCUT2D eigenvalue weighted by molar-refractivity contribution is -0.144. The first kappa shape index (κ1) is 20.1. The highest BCUT2D eigenvalue weighted by molar-refractivity contribution is 9.10. The first-order chi connectivity index (χ1) is 13.3. The molecule has 0 amide bonds. The van der Waals surface area contributed by atoms with E-state index in [1.165, 1.54) is 6.92 Å². The van der Waals surface area contributed by atoms with Crippen LogP contribution in [-0.4, -0.2) is 43.6 Å². The predicted octanol–water partition coefficient (Wildman–Crippen LogP) is 2.71. The summed E-state index contributed by atoms with van der Waals surface area (Å²) >= 11 is 3.35. The van der Waals surface area contributed by atoms with Gasteiger partial charge < -0.3 is 9.84 Å². The zero-order valence-corrected chi connectivity index (χ0v) is 17.0. The summed E-state index contributed by atoms with van der Waals surface area (Å²) in [7, 11) is 6.08. The first-order valence-corrected chi connectivity index (χ1v) is 9.46. The minimum atomic E-state index is -1.11. The number of Topliss-reactive ketones (excluding diaryl/α,β-unsaturated/α-hetero) is 1. The van der Waals surface area contributed by atoms with E-state index >= 15 is 0 Å². The number of hydrogen-bond acceptors (Lipinski definition) is 5. The Balaban J connectivity index is 1.82. The average molecular weight is 441 g/mol. The smallest absolute Gasteiger partial charge is 0.344 e. The second-order valence-electron chi connectivity index (χ2n) is 6.62. The summed E-state index contributed by atoms with van der Waals surface area (Å²) in [6.45, 7) is 3.71. The Morgan fingerprint density at radius 3 is 2.75 bits per heavy atom. The molecule has 0 fully saturated rings. The van der Waals surface area contributed by atoms with E-state index < -0.39 is 18.0 Å². The van der Waals surface area contributed by atoms with Gasteiger partial charge in [0, 0.05) is 10.7 Å². The van der Waals surface area contributed by atoms with Gasteiger partial charge in [-0.3, -0.25) is 9.80 Å². The van der Waals surface area contributed by atoms with Gasteiger partial charge in [0.25, 0.3) is 0 Å². The van der Waals surface area contributed by atoms with Crippen molar-refractivity contribution < 1.29 is 19.4 Å². The Morgan fingerprint density at radius 2 is 2.07 bits per heavy atom. The minimum Gasteiger partial charge on any atom is -0.479 e. The van der Waals surface area contributed by atoms with E-state index in [9.17, 15) is 9.59 Å². The fourth-order valence-corrected chi connectivity index (χ4v) is 3.26. The topological polar surface area (TPSA) is 79.2 Å². The molecule has 2 aromatic carbocycles. The van der Waals surface area contributed by atoms with Crippen molar-refractivity contribution in [3.05, 3.63) is 52.0 Å². The number of carbonyl (C=O) groups is 2. The van der Waals surface area contributed by atoms with Crippen LogP contribution < -0.4 is 15.2 Å². The number of anilines is 1. The Morgan fingerprint density at radius 1 is 1.32 bits per heavy atom. The van der Waals surface area contributed by atoms with E-state index in [-0.39, 0.29) is 11.5 Å². The van der Waals surface area contributed by atoms with Gasteiger partial charge in [-0.15, -0.1) is 0 Å². The summed E-state index contributed by atoms with van der Waals surface area (Å²) < 4.78 is 6.16. The molecule has 2 unspecified atom stereocenters. The van der Waals surface area contributed by atoms with Crippen LogP contribution >= 0.6 is 15.9 Å². The molecule has 3 rings (SSSR count). The molecule has 1 aliphatic rings. The third-order valence-corrected chi connectivity index (χ3v) is 4.91. The Kier molecular flexibility index (Phi) is 5.88. The van der Waals surface area contributed by atoms with E-state index in [2.05, 4.69) is 21.0 Å². The quantitative estimate of drug-likeness (QED) is 0.551. The molecule has 2 radical (unpaired) electrons. The van der Waals surface area contributed by atoms with E-state index in [1.54, 1.807) is 29.4 Å². The van der Waals surface area contributed by atoms with E-state index in [1.807, 2.05) is 25.1 Å². The summed E-state index contributed by atoms with van der Waals surface area (Å²) in [5.41, 5.74) is 2.67. The molecule has 6 nitrogen and oxygen atoms in total. The predicted molar refractivity (Wildman–Crippen MR) is 112 cm³/mol. The molecule has 0 aromatic heterocycles. The summed E-state index contributed by atoms with van der Waals surface area (Å²) in [4.78, 5) is 24.2. The van der Waals surface area contributed by atoms with Gasteiger partial charge in [-0.25, -0.2) is 4.79 Å². The maximum Gasteiger partial charge on any atom is 0.344 e. The highest BCUT2D eigenvalue weighted by Crippen LogP contribution is 2.28. The van der Waals surface area contributed by atoms with Crippen LogP contribution in [0.25, 0.3) is 0 Å². The number of carboxylic acids is 1. The van der Waals surface area contributed by atoms with Gasteiger partial charge >= 0.3 is 5.97 Å². The minimum absolute atomic E-state index is 0.203. The molecule has 1 N–H and O–H groups in total. The van der Waals surface area contributed by atoms with Gasteiger partial charge in [0.2, 0.25) is 0 Å². The summed E-state index contributed by atoms with van der Waals surface area (Å²) in [6.07, 6.45) is 0.501. The third-order valence-electron chi connectivity index (χ3n) is 4.41. The number of benzene rings is 2. The number of hydrogen-bond donors (Lipinski definition) is 1. The van der Waals surface area contributed by atoms with Crippen LogP contribution in [0.2, 0.25) is 0 Å². The number of nitrogens with zero attached hydrogens (tertiary/aromatic N) is 2. The number of rotatable bonds is 6. The van der Waals surface area contributed by atoms with Gasteiger partial charge in [0.1, 0.15) is 13.6 Å². The molecule has 142 valence electrons. The largest absolute Gasteiger partial charge is 0.479 e. The zero-order valence-electron chi connectivity index (χ0n) is 15.4. The van der Waals surface area contributed by atoms with Crippen molar-refractivity contribution in [2.75, 3.05) is 11.6 Å². The molecule has 1 aliphatic heterocycles. The number of aryl methyl sites for hydroxylation is 1. The van der Waals surface area contributed by atoms with Crippen molar-refractivity contribution in [1.29, 1.82) is 0 Å². The van der Waals surface area contributed by atoms with Crippen molar-refractivity contribution in [2.24, 2.45) is 11.0 Å². The first-order valence-electron chi connectivity index (χ1n) is 8.67. The fraction of sp³-hybridized carbons (Fsp3) is 0.250. The van der Waals surface area contributed by atoms with Crippen LogP contribution in [0.3, 0.4) is 0 Å². The number of halogens is 1. The van der Waals surface area contributed by atoms with Crippen LogP contribution in [0.1, 0.15) is 22.8 Å². The zero-order chi connectivity index (χ0) is 20.4. The molecule has 0 spiro atoms. The van der Waals surface area contributed by atoms with Crippen LogP contribution in [0.5, 0.6) is 5.75 Å². The third kappa shape index (κ3) is 4.27. The average Bonchev–Trinajstić information content (AvgIpc) is 3.12. The van der Waals surface area contributed by atoms with Crippen LogP contribution in [0.15, 0.2) is 46.0 Å². The van der Waals surface area contributed by atoms with E-state index in [0.29, 0.717) is 22.0 Å². The second-order valence-corrected chi connectivity index (χ2v) is 7.53. The Bertz CT molecular complexity index is 963. The standard InChI is InChI=1S/C20H18BBrN2O4/c1-11-3-5-17(16(21)7-11)24-10-13(9-23-24)19(25)15-8-14(22)4-6-18(15)28-12(2)20(26)27/h3-9,12-13H,10H2,1-2H3,(H,26,27). The molecular formula is C20H18BBrN2O4. The highest BCUT2D eigenvalue weighted by atomic mass is 79.9. The second kappa shape index (κ2) is 8.18. The van der Waals surface area contributed by atoms with Gasteiger partial charge in [-0.1, -0.05) is 39.1 Å². The molecule has 28 heavy (non-hydrogen) atoms. The van der Waals surface area contributed by atoms with Crippen molar-refractivity contribution in [1.82, 2.24) is 0 Å². The Hall–Kier alpha value is -2.61. The molecule has 8 heteroatoms. The monoisotopic (exact) mass is 440 g/mol. The SMILES string of the molecule is [B]c1cc(C)ccc1N1CC(C(=O)c2cc(Br)ccc2OC(C)C(=O)O)C=N1. The van der Waals surface area contributed by atoms with Crippen molar-refractivity contribution >= 4 is 52.9 Å². The lowest BCUT2D eigenvalue weighted by Crippen LogP contribution is -2.28. The van der Waals surface area contributed by atoms with Gasteiger partial charge in [-0.2, -0.15) is 5.10 Å². The molecule has 0 saturated carbocycles. The summed E-state index contributed by atoms with van der Waals surface area (Å²) in [5.74, 6) is -1.59. The summed E-state index contributed by atoms with van der Waals surface area (Å²) in [5, 5.41) is 15.1. The van der Waals surface area contributed by atoms with Gasteiger partial charge in [-0.05, 0) is 38.1 Å². The van der Waals surface area contributed by atoms with Crippen molar-refractivity contribution in [3.63, 3.8) is 0 Å². The van der Waals surface area contributed by atoms with Crippen LogP contribution in [0, 0.1) is 12.8 Å². The van der Waals surface area contributed by atoms with Crippen LogP contribution in [-0.2, 0) is 4.79 Å². The Labute approximate surface area is 172 Å². The molecule has 0 aliphatic carbocycles. The maximum atomic E-state index is 13.1. The summed E-state index contributed by atoms with van der Waals surface area (Å²) in [6, 6.07) is 10.6. The molecule has 0 saturated heterocycles. The number of hydrazone groups is 1. The van der Waals surface area contributed by atoms with E-state index in [4.69, 9.17) is 17.7 Å². The van der Waals surface area contributed by atoms with Gasteiger partial charge in [0.05, 0.1) is 23.7 Å². The van der Waals surface area contributed by atoms with Gasteiger partial charge in [0.15, 0.2) is 11.9 Å². The number of ketones is 1. The van der Waals surface area contributed by atoms with Crippen molar-refractivity contribution in [2.45, 2.75) is 20.0 Å². The van der Waals surface area contributed by atoms with E-state index in [0.717, 1.165) is 11.3 Å². The normalized spacial score (nSPS) is 16.8. The molecular weight excluding hydrogens is 423 g/mol.